The van der Waals surface area contributed by atoms with Gasteiger partial charge in [-0.2, -0.15) is 0 Å². The Bertz CT molecular complexity index is 1410. The number of nitrogens with zero attached hydrogens (tertiary/aromatic N) is 5. The van der Waals surface area contributed by atoms with E-state index in [1.54, 1.807) is 6.26 Å². The summed E-state index contributed by atoms with van der Waals surface area (Å²) in [4.78, 5) is 18.5. The minimum Gasteiger partial charge on any atom is -0.486 e. The van der Waals surface area contributed by atoms with E-state index < -0.39 is 0 Å². The molecule has 1 aromatic carbocycles. The Balaban J connectivity index is 1.36. The predicted molar refractivity (Wildman–Crippen MR) is 136 cm³/mol. The molecule has 10 heteroatoms. The maximum absolute atomic E-state index is 13.2. The molecule has 0 saturated heterocycles. The molecule has 0 spiro atoms. The number of hydrogen-bond acceptors (Lipinski definition) is 8. The summed E-state index contributed by atoms with van der Waals surface area (Å²) < 4.78 is 19.2. The van der Waals surface area contributed by atoms with E-state index in [1.807, 2.05) is 35.0 Å². The topological polar surface area (TPSA) is 111 Å². The maximum Gasteiger partial charge on any atom is 0.252 e. The van der Waals surface area contributed by atoms with E-state index in [0.717, 1.165) is 41.8 Å². The number of tetrazole rings is 1. The van der Waals surface area contributed by atoms with Gasteiger partial charge >= 0.3 is 0 Å². The van der Waals surface area contributed by atoms with E-state index in [2.05, 4.69) is 32.3 Å². The molecule has 1 saturated carbocycles. The average molecular weight is 505 g/mol. The molecule has 4 heterocycles. The van der Waals surface area contributed by atoms with Crippen molar-refractivity contribution in [1.82, 2.24) is 30.1 Å². The highest BCUT2D eigenvalue weighted by Crippen LogP contribution is 2.35. The van der Waals surface area contributed by atoms with Crippen molar-refractivity contribution >= 4 is 10.9 Å². The van der Waals surface area contributed by atoms with E-state index in [1.165, 1.54) is 19.3 Å². The Morgan fingerprint density at radius 3 is 2.68 bits per heavy atom. The summed E-state index contributed by atoms with van der Waals surface area (Å²) in [6, 6.07) is 9.78. The lowest BCUT2D eigenvalue weighted by Crippen LogP contribution is -2.33. The summed E-state index contributed by atoms with van der Waals surface area (Å²) in [5.41, 5.74) is 1.25. The van der Waals surface area contributed by atoms with Gasteiger partial charge in [-0.1, -0.05) is 26.2 Å². The van der Waals surface area contributed by atoms with E-state index >= 15 is 0 Å². The lowest BCUT2D eigenvalue weighted by atomic mass is 9.95. The third kappa shape index (κ3) is 4.85. The molecule has 1 unspecified atom stereocenters. The minimum absolute atomic E-state index is 0.0858. The zero-order valence-corrected chi connectivity index (χ0v) is 21.1. The molecule has 1 aliphatic carbocycles. The van der Waals surface area contributed by atoms with Crippen LogP contribution in [0.25, 0.3) is 10.9 Å². The van der Waals surface area contributed by atoms with Gasteiger partial charge in [-0.25, -0.2) is 4.68 Å². The van der Waals surface area contributed by atoms with Crippen LogP contribution in [0.15, 0.2) is 45.8 Å². The highest BCUT2D eigenvalue weighted by atomic mass is 16.6. The molecule has 3 aromatic heterocycles. The molecule has 1 atom stereocenters. The summed E-state index contributed by atoms with van der Waals surface area (Å²) in [5, 5.41) is 13.9. The molecular weight excluding hydrogens is 472 g/mol. The first-order valence-corrected chi connectivity index (χ1v) is 13.2. The van der Waals surface area contributed by atoms with Crippen LogP contribution in [0, 0.1) is 0 Å². The van der Waals surface area contributed by atoms with Crippen LogP contribution in [0.4, 0.5) is 0 Å². The molecular formula is C27H32N6O4. The lowest BCUT2D eigenvalue weighted by Gasteiger charge is -2.31. The van der Waals surface area contributed by atoms with Gasteiger partial charge in [0.25, 0.3) is 5.56 Å². The van der Waals surface area contributed by atoms with Crippen molar-refractivity contribution in [2.45, 2.75) is 70.6 Å². The molecule has 1 N–H and O–H groups in total. The second kappa shape index (κ2) is 10.4. The van der Waals surface area contributed by atoms with Crippen molar-refractivity contribution in [2.75, 3.05) is 13.2 Å². The number of pyridine rings is 1. The van der Waals surface area contributed by atoms with Gasteiger partial charge in [-0.05, 0) is 54.0 Å². The van der Waals surface area contributed by atoms with Crippen molar-refractivity contribution in [2.24, 2.45) is 0 Å². The SMILES string of the molecule is CCC(c1nnnn1C1CCCCC1)N(Cc1ccco1)Cc1cc2cc3c(cc2[nH]c1=O)OCCO3. The van der Waals surface area contributed by atoms with Gasteiger partial charge in [0.05, 0.1) is 30.4 Å². The fourth-order valence-corrected chi connectivity index (χ4v) is 5.61. The zero-order valence-electron chi connectivity index (χ0n) is 21.1. The number of aromatic nitrogens is 5. The number of rotatable bonds is 8. The number of ether oxygens (including phenoxy) is 2. The summed E-state index contributed by atoms with van der Waals surface area (Å²) in [6.07, 6.45) is 8.30. The first kappa shape index (κ1) is 23.7. The third-order valence-corrected chi connectivity index (χ3v) is 7.46. The molecule has 0 amide bonds. The van der Waals surface area contributed by atoms with Crippen molar-refractivity contribution < 1.29 is 13.9 Å². The van der Waals surface area contributed by atoms with Crippen LogP contribution in [0.3, 0.4) is 0 Å². The van der Waals surface area contributed by atoms with Gasteiger partial charge in [0.2, 0.25) is 0 Å². The van der Waals surface area contributed by atoms with Gasteiger partial charge in [0.15, 0.2) is 17.3 Å². The van der Waals surface area contributed by atoms with Crippen LogP contribution < -0.4 is 15.0 Å². The van der Waals surface area contributed by atoms with Gasteiger partial charge in [0.1, 0.15) is 19.0 Å². The summed E-state index contributed by atoms with van der Waals surface area (Å²) in [6.45, 7) is 4.09. The molecule has 0 bridgehead atoms. The van der Waals surface area contributed by atoms with Crippen molar-refractivity contribution in [1.29, 1.82) is 0 Å². The number of nitrogens with one attached hydrogen (secondary N) is 1. The molecule has 0 radical (unpaired) electrons. The molecule has 194 valence electrons. The van der Waals surface area contributed by atoms with Crippen LogP contribution in [0.2, 0.25) is 0 Å². The van der Waals surface area contributed by atoms with Crippen LogP contribution in [-0.2, 0) is 13.1 Å². The largest absolute Gasteiger partial charge is 0.486 e. The fourth-order valence-electron chi connectivity index (χ4n) is 5.61. The zero-order chi connectivity index (χ0) is 25.2. The quantitative estimate of drug-likeness (QED) is 0.372. The highest BCUT2D eigenvalue weighted by Gasteiger charge is 2.29. The van der Waals surface area contributed by atoms with Crippen LogP contribution in [-0.4, -0.2) is 43.3 Å². The number of fused-ring (bicyclic) bond motifs is 2. The first-order chi connectivity index (χ1) is 18.2. The highest BCUT2D eigenvalue weighted by molar-refractivity contribution is 5.83. The van der Waals surface area contributed by atoms with Crippen molar-refractivity contribution in [3.05, 3.63) is 64.1 Å². The van der Waals surface area contributed by atoms with Crippen LogP contribution in [0.5, 0.6) is 11.5 Å². The molecule has 1 fully saturated rings. The third-order valence-electron chi connectivity index (χ3n) is 7.46. The van der Waals surface area contributed by atoms with Crippen molar-refractivity contribution in [3.63, 3.8) is 0 Å². The van der Waals surface area contributed by atoms with Crippen LogP contribution >= 0.6 is 0 Å². The van der Waals surface area contributed by atoms with E-state index in [4.69, 9.17) is 13.9 Å². The second-order valence-corrected chi connectivity index (χ2v) is 9.89. The van der Waals surface area contributed by atoms with Crippen LogP contribution in [0.1, 0.15) is 74.7 Å². The van der Waals surface area contributed by atoms with Gasteiger partial charge in [-0.3, -0.25) is 9.69 Å². The standard InChI is InChI=1S/C27H32N6O4/c1-2-23(26-29-30-31-33(26)20-7-4-3-5-8-20)32(17-21-9-6-10-35-21)16-19-13-18-14-24-25(37-12-11-36-24)15-22(18)28-27(19)34/h6,9-10,13-15,20,23H,2-5,7-8,11-12,16-17H2,1H3,(H,28,34). The average Bonchev–Trinajstić information content (AvgIpc) is 3.62. The summed E-state index contributed by atoms with van der Waals surface area (Å²) >= 11 is 0. The Labute approximate surface area is 214 Å². The summed E-state index contributed by atoms with van der Waals surface area (Å²) in [7, 11) is 0. The van der Waals surface area contributed by atoms with Gasteiger partial charge in [0, 0.05) is 23.6 Å². The van der Waals surface area contributed by atoms with Crippen molar-refractivity contribution in [3.8, 4) is 11.5 Å². The Morgan fingerprint density at radius 1 is 1.11 bits per heavy atom. The number of aromatic amines is 1. The normalized spacial score (nSPS) is 16.9. The number of H-pyrrole nitrogens is 1. The smallest absolute Gasteiger partial charge is 0.252 e. The van der Waals surface area contributed by atoms with Gasteiger partial charge in [-0.15, -0.1) is 5.10 Å². The first-order valence-electron chi connectivity index (χ1n) is 13.2. The number of benzene rings is 1. The Hall–Kier alpha value is -3.66. The van der Waals surface area contributed by atoms with Gasteiger partial charge < -0.3 is 18.9 Å². The minimum atomic E-state index is -0.129. The molecule has 37 heavy (non-hydrogen) atoms. The number of hydrogen-bond donors (Lipinski definition) is 1. The molecule has 6 rings (SSSR count). The Kier molecular flexibility index (Phi) is 6.65. The fraction of sp³-hybridized carbons (Fsp3) is 0.481. The van der Waals surface area contributed by atoms with E-state index in [-0.39, 0.29) is 11.6 Å². The molecule has 10 nitrogen and oxygen atoms in total. The van der Waals surface area contributed by atoms with E-state index in [9.17, 15) is 4.79 Å². The second-order valence-electron chi connectivity index (χ2n) is 9.89. The Morgan fingerprint density at radius 2 is 1.92 bits per heavy atom. The molecule has 4 aromatic rings. The summed E-state index contributed by atoms with van der Waals surface area (Å²) in [5.74, 6) is 3.02. The maximum atomic E-state index is 13.2. The molecule has 1 aliphatic heterocycles. The van der Waals surface area contributed by atoms with E-state index in [0.29, 0.717) is 49.4 Å². The monoisotopic (exact) mass is 504 g/mol. The lowest BCUT2D eigenvalue weighted by molar-refractivity contribution is 0.144. The molecule has 2 aliphatic rings. The predicted octanol–water partition coefficient (Wildman–Crippen LogP) is 4.54. The number of furan rings is 1.